The maximum absolute atomic E-state index is 10.0. The molecule has 1 N–H and O–H groups in total. The Morgan fingerprint density at radius 1 is 1.44 bits per heavy atom. The maximum Gasteiger partial charge on any atom is 0.0900 e. The third-order valence-electron chi connectivity index (χ3n) is 3.99. The lowest BCUT2D eigenvalue weighted by Crippen LogP contribution is -2.51. The minimum absolute atomic E-state index is 0.360. The van der Waals surface area contributed by atoms with E-state index in [0.29, 0.717) is 18.8 Å². The predicted octanol–water partition coefficient (Wildman–Crippen LogP) is 1.42. The summed E-state index contributed by atoms with van der Waals surface area (Å²) < 4.78 is 11.3. The summed E-state index contributed by atoms with van der Waals surface area (Å²) in [7, 11) is 0. The van der Waals surface area contributed by atoms with Gasteiger partial charge in [-0.15, -0.1) is 0 Å². The first-order chi connectivity index (χ1) is 8.81. The molecule has 2 fully saturated rings. The average molecular weight is 257 g/mol. The second kappa shape index (κ2) is 7.43. The lowest BCUT2D eigenvalue weighted by atomic mass is 10.1. The molecular formula is C14H27NO3. The van der Waals surface area contributed by atoms with Crippen LogP contribution in [0.25, 0.3) is 0 Å². The van der Waals surface area contributed by atoms with Gasteiger partial charge < -0.3 is 14.6 Å². The first-order valence-electron chi connectivity index (χ1n) is 7.42. The van der Waals surface area contributed by atoms with Crippen LogP contribution in [-0.4, -0.2) is 61.2 Å². The Morgan fingerprint density at radius 3 is 3.17 bits per heavy atom. The summed E-state index contributed by atoms with van der Waals surface area (Å²) in [4.78, 5) is 2.40. The zero-order chi connectivity index (χ0) is 12.8. The topological polar surface area (TPSA) is 41.9 Å². The van der Waals surface area contributed by atoms with E-state index < -0.39 is 0 Å². The molecule has 0 bridgehead atoms. The van der Waals surface area contributed by atoms with Crippen molar-refractivity contribution in [2.75, 3.05) is 32.9 Å². The second-order valence-corrected chi connectivity index (χ2v) is 5.48. The van der Waals surface area contributed by atoms with Gasteiger partial charge in [-0.1, -0.05) is 13.3 Å². The molecule has 2 aliphatic rings. The lowest BCUT2D eigenvalue weighted by molar-refractivity contribution is -0.0750. The van der Waals surface area contributed by atoms with E-state index in [0.717, 1.165) is 39.1 Å². The number of hydrogen-bond acceptors (Lipinski definition) is 4. The standard InChI is InChI=1S/C14H27NO3/c1-2-3-8-17-11-12(16)10-15-7-9-18-14-6-4-5-13(14)15/h12-14,16H,2-11H2,1H3. The van der Waals surface area contributed by atoms with E-state index >= 15 is 0 Å². The van der Waals surface area contributed by atoms with Crippen molar-refractivity contribution in [1.29, 1.82) is 0 Å². The number of fused-ring (bicyclic) bond motifs is 1. The zero-order valence-electron chi connectivity index (χ0n) is 11.5. The van der Waals surface area contributed by atoms with E-state index in [-0.39, 0.29) is 6.10 Å². The maximum atomic E-state index is 10.0. The van der Waals surface area contributed by atoms with Crippen molar-refractivity contribution in [1.82, 2.24) is 4.90 Å². The van der Waals surface area contributed by atoms with Gasteiger partial charge in [-0.2, -0.15) is 0 Å². The van der Waals surface area contributed by atoms with E-state index in [1.165, 1.54) is 19.3 Å². The normalized spacial score (nSPS) is 30.3. The van der Waals surface area contributed by atoms with Crippen molar-refractivity contribution >= 4 is 0 Å². The van der Waals surface area contributed by atoms with Gasteiger partial charge in [0.2, 0.25) is 0 Å². The molecule has 0 aromatic carbocycles. The van der Waals surface area contributed by atoms with Crippen LogP contribution in [-0.2, 0) is 9.47 Å². The molecule has 0 amide bonds. The van der Waals surface area contributed by atoms with Gasteiger partial charge in [0.15, 0.2) is 0 Å². The Morgan fingerprint density at radius 2 is 2.33 bits per heavy atom. The highest BCUT2D eigenvalue weighted by Gasteiger charge is 2.36. The molecule has 18 heavy (non-hydrogen) atoms. The summed E-state index contributed by atoms with van der Waals surface area (Å²) in [6.45, 7) is 5.87. The minimum atomic E-state index is -0.360. The second-order valence-electron chi connectivity index (χ2n) is 5.48. The van der Waals surface area contributed by atoms with Crippen LogP contribution in [0.4, 0.5) is 0 Å². The molecule has 4 heteroatoms. The van der Waals surface area contributed by atoms with Crippen molar-refractivity contribution < 1.29 is 14.6 Å². The number of ether oxygens (including phenoxy) is 2. The molecule has 3 unspecified atom stereocenters. The molecule has 3 atom stereocenters. The van der Waals surface area contributed by atoms with Gasteiger partial charge in [-0.05, 0) is 25.7 Å². The Balaban J connectivity index is 1.67. The summed E-state index contributed by atoms with van der Waals surface area (Å²) >= 11 is 0. The fourth-order valence-electron chi connectivity index (χ4n) is 3.02. The highest BCUT2D eigenvalue weighted by Crippen LogP contribution is 2.29. The SMILES string of the molecule is CCCCOCC(O)CN1CCOC2CCCC21. The van der Waals surface area contributed by atoms with Crippen molar-refractivity contribution in [3.63, 3.8) is 0 Å². The number of aliphatic hydroxyl groups is 1. The highest BCUT2D eigenvalue weighted by molar-refractivity contribution is 4.90. The molecule has 1 heterocycles. The summed E-state index contributed by atoms with van der Waals surface area (Å²) in [5.41, 5.74) is 0. The fraction of sp³-hybridized carbons (Fsp3) is 1.00. The molecule has 1 saturated carbocycles. The first-order valence-corrected chi connectivity index (χ1v) is 7.42. The van der Waals surface area contributed by atoms with Gasteiger partial charge in [0.1, 0.15) is 0 Å². The van der Waals surface area contributed by atoms with Crippen LogP contribution in [0.15, 0.2) is 0 Å². The number of hydrogen-bond donors (Lipinski definition) is 1. The van der Waals surface area contributed by atoms with E-state index in [4.69, 9.17) is 9.47 Å². The average Bonchev–Trinajstić information content (AvgIpc) is 2.84. The Kier molecular flexibility index (Phi) is 5.89. The van der Waals surface area contributed by atoms with Crippen LogP contribution >= 0.6 is 0 Å². The van der Waals surface area contributed by atoms with Crippen LogP contribution in [0.3, 0.4) is 0 Å². The number of morpholine rings is 1. The largest absolute Gasteiger partial charge is 0.389 e. The van der Waals surface area contributed by atoms with Gasteiger partial charge >= 0.3 is 0 Å². The first kappa shape index (κ1) is 14.3. The van der Waals surface area contributed by atoms with E-state index in [2.05, 4.69) is 11.8 Å². The van der Waals surface area contributed by atoms with Gasteiger partial charge in [0.05, 0.1) is 25.4 Å². The third kappa shape index (κ3) is 3.92. The predicted molar refractivity (Wildman–Crippen MR) is 70.7 cm³/mol. The molecule has 1 saturated heterocycles. The van der Waals surface area contributed by atoms with Crippen LogP contribution < -0.4 is 0 Å². The fourth-order valence-corrected chi connectivity index (χ4v) is 3.02. The van der Waals surface area contributed by atoms with E-state index in [9.17, 15) is 5.11 Å². The van der Waals surface area contributed by atoms with Gasteiger partial charge in [0, 0.05) is 25.7 Å². The molecule has 0 spiro atoms. The molecule has 1 aliphatic carbocycles. The quantitative estimate of drug-likeness (QED) is 0.700. The Labute approximate surface area is 110 Å². The highest BCUT2D eigenvalue weighted by atomic mass is 16.5. The molecule has 106 valence electrons. The summed E-state index contributed by atoms with van der Waals surface area (Å²) in [5, 5.41) is 10.0. The smallest absolute Gasteiger partial charge is 0.0900 e. The molecule has 2 rings (SSSR count). The van der Waals surface area contributed by atoms with Crippen molar-refractivity contribution in [2.45, 2.75) is 57.3 Å². The van der Waals surface area contributed by atoms with Gasteiger partial charge in [-0.25, -0.2) is 0 Å². The van der Waals surface area contributed by atoms with Gasteiger partial charge in [0.25, 0.3) is 0 Å². The Bertz CT molecular complexity index is 237. The van der Waals surface area contributed by atoms with Crippen molar-refractivity contribution in [3.8, 4) is 0 Å². The lowest BCUT2D eigenvalue weighted by Gasteiger charge is -2.38. The number of unbranched alkanes of at least 4 members (excludes halogenated alkanes) is 1. The minimum Gasteiger partial charge on any atom is -0.389 e. The number of β-amino-alcohol motifs (C(OH)–C–C–N with tert-alkyl or cyclic N) is 1. The number of rotatable bonds is 7. The molecular weight excluding hydrogens is 230 g/mol. The van der Waals surface area contributed by atoms with E-state index in [1.807, 2.05) is 0 Å². The van der Waals surface area contributed by atoms with Crippen molar-refractivity contribution in [2.24, 2.45) is 0 Å². The summed E-state index contributed by atoms with van der Waals surface area (Å²) in [6, 6.07) is 0.532. The van der Waals surface area contributed by atoms with Gasteiger partial charge in [-0.3, -0.25) is 4.90 Å². The summed E-state index contributed by atoms with van der Waals surface area (Å²) in [5.74, 6) is 0. The van der Waals surface area contributed by atoms with E-state index in [1.54, 1.807) is 0 Å². The third-order valence-corrected chi connectivity index (χ3v) is 3.99. The molecule has 4 nitrogen and oxygen atoms in total. The van der Waals surface area contributed by atoms with Crippen LogP contribution in [0, 0.1) is 0 Å². The summed E-state index contributed by atoms with van der Waals surface area (Å²) in [6.07, 6.45) is 5.93. The van der Waals surface area contributed by atoms with Crippen LogP contribution in [0.1, 0.15) is 39.0 Å². The van der Waals surface area contributed by atoms with Crippen molar-refractivity contribution in [3.05, 3.63) is 0 Å². The zero-order valence-corrected chi connectivity index (χ0v) is 11.5. The Hall–Kier alpha value is -0.160. The monoisotopic (exact) mass is 257 g/mol. The van der Waals surface area contributed by atoms with Crippen LogP contribution in [0.2, 0.25) is 0 Å². The number of aliphatic hydroxyl groups excluding tert-OH is 1. The molecule has 1 aliphatic heterocycles. The number of nitrogens with zero attached hydrogens (tertiary/aromatic N) is 1. The molecule has 0 radical (unpaired) electrons. The van der Waals surface area contributed by atoms with Crippen LogP contribution in [0.5, 0.6) is 0 Å². The molecule has 0 aromatic heterocycles. The molecule has 0 aromatic rings.